The van der Waals surface area contributed by atoms with Crippen LogP contribution >= 0.6 is 0 Å². The van der Waals surface area contributed by atoms with Gasteiger partial charge in [-0.3, -0.25) is 14.5 Å². The monoisotopic (exact) mass is 432 g/mol. The molecule has 1 heterocycles. The van der Waals surface area contributed by atoms with E-state index in [9.17, 15) is 14.0 Å². The number of imide groups is 1. The summed E-state index contributed by atoms with van der Waals surface area (Å²) in [5, 5.41) is 3.07. The first-order valence-corrected chi connectivity index (χ1v) is 9.91. The second kappa shape index (κ2) is 8.93. The van der Waals surface area contributed by atoms with Gasteiger partial charge in [0.1, 0.15) is 23.0 Å². The first-order valence-electron chi connectivity index (χ1n) is 9.91. The van der Waals surface area contributed by atoms with E-state index in [-0.39, 0.29) is 17.8 Å². The molecule has 6 nitrogen and oxygen atoms in total. The van der Waals surface area contributed by atoms with Crippen LogP contribution in [-0.2, 0) is 16.1 Å². The number of benzene rings is 3. The third-order valence-corrected chi connectivity index (χ3v) is 5.16. The summed E-state index contributed by atoms with van der Waals surface area (Å²) >= 11 is 0. The number of anilines is 1. The molecule has 162 valence electrons. The summed E-state index contributed by atoms with van der Waals surface area (Å²) in [6.07, 6.45) is 0. The molecule has 3 aromatic rings. The summed E-state index contributed by atoms with van der Waals surface area (Å²) in [5.41, 5.74) is 2.01. The van der Waals surface area contributed by atoms with E-state index in [1.54, 1.807) is 43.5 Å². The predicted octanol–water partition coefficient (Wildman–Crippen LogP) is 4.24. The average molecular weight is 432 g/mol. The predicted molar refractivity (Wildman–Crippen MR) is 118 cm³/mol. The maximum atomic E-state index is 13.5. The lowest BCUT2D eigenvalue weighted by Crippen LogP contribution is -2.32. The molecule has 0 atom stereocenters. The number of ether oxygens (including phenoxy) is 2. The summed E-state index contributed by atoms with van der Waals surface area (Å²) in [4.78, 5) is 27.9. The molecule has 0 aliphatic carbocycles. The van der Waals surface area contributed by atoms with Gasteiger partial charge in [0.2, 0.25) is 0 Å². The fourth-order valence-electron chi connectivity index (χ4n) is 3.57. The molecule has 0 bridgehead atoms. The van der Waals surface area contributed by atoms with Gasteiger partial charge >= 0.3 is 0 Å². The second-order valence-electron chi connectivity index (χ2n) is 7.12. The number of halogens is 1. The Morgan fingerprint density at radius 2 is 1.62 bits per heavy atom. The quantitative estimate of drug-likeness (QED) is 0.566. The highest BCUT2D eigenvalue weighted by molar-refractivity contribution is 6.36. The van der Waals surface area contributed by atoms with Crippen molar-refractivity contribution in [3.05, 3.63) is 95.4 Å². The highest BCUT2D eigenvalue weighted by atomic mass is 19.1. The molecule has 0 saturated heterocycles. The van der Waals surface area contributed by atoms with E-state index >= 15 is 0 Å². The molecule has 1 N–H and O–H groups in total. The number of rotatable bonds is 7. The van der Waals surface area contributed by atoms with Crippen molar-refractivity contribution in [3.63, 3.8) is 0 Å². The molecule has 0 aromatic heterocycles. The maximum absolute atomic E-state index is 13.5. The standard InChI is InChI=1S/C25H21FN2O4/c1-31-20-8-5-7-19(14-20)27-23-22(16-10-12-18(26)13-11-16)24(29)28(25(23)30)15-17-6-3-4-9-21(17)32-2/h3-14,27H,15H2,1-2H3. The van der Waals surface area contributed by atoms with Gasteiger partial charge in [0.15, 0.2) is 0 Å². The molecule has 4 rings (SSSR count). The molecule has 0 spiro atoms. The van der Waals surface area contributed by atoms with Gasteiger partial charge in [0.05, 0.1) is 26.3 Å². The second-order valence-corrected chi connectivity index (χ2v) is 7.12. The summed E-state index contributed by atoms with van der Waals surface area (Å²) in [7, 11) is 3.08. The number of hydrogen-bond acceptors (Lipinski definition) is 5. The fourth-order valence-corrected chi connectivity index (χ4v) is 3.57. The van der Waals surface area contributed by atoms with Crippen molar-refractivity contribution in [2.45, 2.75) is 6.54 Å². The van der Waals surface area contributed by atoms with Gasteiger partial charge in [-0.25, -0.2) is 4.39 Å². The van der Waals surface area contributed by atoms with Crippen LogP contribution in [0.2, 0.25) is 0 Å². The smallest absolute Gasteiger partial charge is 0.278 e. The molecule has 1 aliphatic rings. The van der Waals surface area contributed by atoms with E-state index in [4.69, 9.17) is 9.47 Å². The molecule has 0 radical (unpaired) electrons. The number of hydrogen-bond donors (Lipinski definition) is 1. The summed E-state index contributed by atoms with van der Waals surface area (Å²) in [6, 6.07) is 19.7. The van der Waals surface area contributed by atoms with Gasteiger partial charge in [0, 0.05) is 17.3 Å². The van der Waals surface area contributed by atoms with E-state index < -0.39 is 17.6 Å². The molecular weight excluding hydrogens is 411 g/mol. The lowest BCUT2D eigenvalue weighted by molar-refractivity contribution is -0.137. The Morgan fingerprint density at radius 1 is 0.875 bits per heavy atom. The molecule has 7 heteroatoms. The van der Waals surface area contributed by atoms with Gasteiger partial charge in [-0.2, -0.15) is 0 Å². The Hall–Kier alpha value is -4.13. The van der Waals surface area contributed by atoms with E-state index in [1.807, 2.05) is 12.1 Å². The first kappa shape index (κ1) is 21.1. The maximum Gasteiger partial charge on any atom is 0.278 e. The van der Waals surface area contributed by atoms with Crippen molar-refractivity contribution in [3.8, 4) is 11.5 Å². The molecule has 0 unspecified atom stereocenters. The van der Waals surface area contributed by atoms with Crippen molar-refractivity contribution in [1.29, 1.82) is 0 Å². The summed E-state index contributed by atoms with van der Waals surface area (Å²) in [5.74, 6) is -0.215. The molecular formula is C25H21FN2O4. The van der Waals surface area contributed by atoms with Crippen molar-refractivity contribution >= 4 is 23.1 Å². The SMILES string of the molecule is COc1cccc(NC2=C(c3ccc(F)cc3)C(=O)N(Cc3ccccc3OC)C2=O)c1. The highest BCUT2D eigenvalue weighted by Crippen LogP contribution is 2.33. The molecule has 1 aliphatic heterocycles. The molecule has 0 fully saturated rings. The Kier molecular flexibility index (Phi) is 5.89. The topological polar surface area (TPSA) is 67.9 Å². The van der Waals surface area contributed by atoms with Gasteiger partial charge in [0.25, 0.3) is 11.8 Å². The van der Waals surface area contributed by atoms with Gasteiger partial charge < -0.3 is 14.8 Å². The Morgan fingerprint density at radius 3 is 2.34 bits per heavy atom. The third-order valence-electron chi connectivity index (χ3n) is 5.16. The zero-order valence-electron chi connectivity index (χ0n) is 17.6. The van der Waals surface area contributed by atoms with Crippen LogP contribution in [0.25, 0.3) is 5.57 Å². The number of nitrogens with zero attached hydrogens (tertiary/aromatic N) is 1. The zero-order chi connectivity index (χ0) is 22.7. The lowest BCUT2D eigenvalue weighted by atomic mass is 10.0. The van der Waals surface area contributed by atoms with Crippen LogP contribution in [0.15, 0.2) is 78.5 Å². The van der Waals surface area contributed by atoms with Crippen molar-refractivity contribution in [1.82, 2.24) is 4.90 Å². The molecule has 32 heavy (non-hydrogen) atoms. The number of para-hydroxylation sites is 1. The van der Waals surface area contributed by atoms with Crippen LogP contribution in [-0.4, -0.2) is 30.9 Å². The lowest BCUT2D eigenvalue weighted by Gasteiger charge is -2.17. The van der Waals surface area contributed by atoms with Gasteiger partial charge in [-0.05, 0) is 35.9 Å². The van der Waals surface area contributed by atoms with Crippen LogP contribution in [0.1, 0.15) is 11.1 Å². The number of carbonyl (C=O) groups excluding carboxylic acids is 2. The van der Waals surface area contributed by atoms with Crippen molar-refractivity contribution in [2.24, 2.45) is 0 Å². The minimum atomic E-state index is -0.483. The van der Waals surface area contributed by atoms with E-state index in [0.717, 1.165) is 4.90 Å². The number of methoxy groups -OCH3 is 2. The van der Waals surface area contributed by atoms with Crippen LogP contribution in [0.4, 0.5) is 10.1 Å². The Balaban J connectivity index is 1.75. The molecule has 2 amide bonds. The highest BCUT2D eigenvalue weighted by Gasteiger charge is 2.39. The minimum Gasteiger partial charge on any atom is -0.497 e. The van der Waals surface area contributed by atoms with E-state index in [0.29, 0.717) is 28.3 Å². The number of carbonyl (C=O) groups is 2. The third kappa shape index (κ3) is 4.05. The summed E-state index contributed by atoms with van der Waals surface area (Å²) < 4.78 is 24.1. The van der Waals surface area contributed by atoms with E-state index in [1.165, 1.54) is 31.4 Å². The van der Waals surface area contributed by atoms with E-state index in [2.05, 4.69) is 5.32 Å². The van der Waals surface area contributed by atoms with Crippen LogP contribution in [0.5, 0.6) is 11.5 Å². The minimum absolute atomic E-state index is 0.0374. The fraction of sp³-hybridized carbons (Fsp3) is 0.120. The van der Waals surface area contributed by atoms with Crippen LogP contribution in [0, 0.1) is 5.82 Å². The Labute approximate surface area is 184 Å². The van der Waals surface area contributed by atoms with Crippen LogP contribution in [0.3, 0.4) is 0 Å². The van der Waals surface area contributed by atoms with Gasteiger partial charge in [-0.15, -0.1) is 0 Å². The molecule has 0 saturated carbocycles. The number of amides is 2. The number of nitrogens with one attached hydrogen (secondary N) is 1. The summed E-state index contributed by atoms with van der Waals surface area (Å²) in [6.45, 7) is 0.0374. The zero-order valence-corrected chi connectivity index (χ0v) is 17.6. The largest absolute Gasteiger partial charge is 0.497 e. The molecule has 3 aromatic carbocycles. The average Bonchev–Trinajstić information content (AvgIpc) is 3.04. The normalized spacial score (nSPS) is 13.5. The first-order chi connectivity index (χ1) is 15.5. The van der Waals surface area contributed by atoms with Crippen molar-refractivity contribution in [2.75, 3.05) is 19.5 Å². The van der Waals surface area contributed by atoms with Crippen LogP contribution < -0.4 is 14.8 Å². The van der Waals surface area contributed by atoms with Crippen molar-refractivity contribution < 1.29 is 23.5 Å². The van der Waals surface area contributed by atoms with Gasteiger partial charge in [-0.1, -0.05) is 36.4 Å². The Bertz CT molecular complexity index is 1200.